The SMILES string of the molecule is CN1CC(C)(CO)[C@@H](O)[C@@H]2c3ccccc3CC[C@H]21. The molecule has 0 aromatic heterocycles. The number of fused-ring (bicyclic) bond motifs is 3. The molecule has 3 heteroatoms. The number of likely N-dealkylation sites (tertiary alicyclic amines) is 1. The maximum atomic E-state index is 10.8. The lowest BCUT2D eigenvalue weighted by Gasteiger charge is -2.53. The Morgan fingerprint density at radius 2 is 2.11 bits per heavy atom. The molecule has 1 unspecified atom stereocenters. The predicted molar refractivity (Wildman–Crippen MR) is 75.1 cm³/mol. The molecule has 0 saturated carbocycles. The largest absolute Gasteiger partial charge is 0.396 e. The summed E-state index contributed by atoms with van der Waals surface area (Å²) in [4.78, 5) is 2.32. The first-order valence-electron chi connectivity index (χ1n) is 7.14. The van der Waals surface area contributed by atoms with Crippen molar-refractivity contribution in [3.63, 3.8) is 0 Å². The molecule has 0 spiro atoms. The molecule has 0 bridgehead atoms. The minimum atomic E-state index is -0.472. The maximum Gasteiger partial charge on any atom is 0.0711 e. The van der Waals surface area contributed by atoms with Gasteiger partial charge in [0.25, 0.3) is 0 Å². The molecule has 2 N–H and O–H groups in total. The highest BCUT2D eigenvalue weighted by atomic mass is 16.3. The van der Waals surface area contributed by atoms with Crippen molar-refractivity contribution in [1.29, 1.82) is 0 Å². The van der Waals surface area contributed by atoms with Crippen molar-refractivity contribution in [1.82, 2.24) is 4.90 Å². The highest BCUT2D eigenvalue weighted by molar-refractivity contribution is 5.36. The van der Waals surface area contributed by atoms with Gasteiger partial charge in [0.1, 0.15) is 0 Å². The van der Waals surface area contributed by atoms with Crippen LogP contribution in [0, 0.1) is 5.41 Å². The van der Waals surface area contributed by atoms with Crippen molar-refractivity contribution in [3.8, 4) is 0 Å². The fourth-order valence-corrected chi connectivity index (χ4v) is 4.01. The minimum Gasteiger partial charge on any atom is -0.396 e. The van der Waals surface area contributed by atoms with E-state index in [0.717, 1.165) is 19.4 Å². The minimum absolute atomic E-state index is 0.0316. The lowest BCUT2D eigenvalue weighted by atomic mass is 9.65. The summed E-state index contributed by atoms with van der Waals surface area (Å²) in [6, 6.07) is 8.84. The van der Waals surface area contributed by atoms with Crippen molar-refractivity contribution >= 4 is 0 Å². The van der Waals surface area contributed by atoms with Crippen LogP contribution < -0.4 is 0 Å². The van der Waals surface area contributed by atoms with Gasteiger partial charge in [-0.2, -0.15) is 0 Å². The Balaban J connectivity index is 2.05. The van der Waals surface area contributed by atoms with Gasteiger partial charge >= 0.3 is 0 Å². The van der Waals surface area contributed by atoms with Crippen molar-refractivity contribution in [2.24, 2.45) is 5.41 Å². The molecule has 19 heavy (non-hydrogen) atoms. The van der Waals surface area contributed by atoms with Crippen LogP contribution in [0.25, 0.3) is 0 Å². The number of nitrogens with zero attached hydrogens (tertiary/aromatic N) is 1. The van der Waals surface area contributed by atoms with E-state index in [1.54, 1.807) is 0 Å². The first kappa shape index (κ1) is 13.1. The third-order valence-electron chi connectivity index (χ3n) is 5.13. The second kappa shape index (κ2) is 4.58. The lowest BCUT2D eigenvalue weighted by Crippen LogP contribution is -2.60. The zero-order valence-electron chi connectivity index (χ0n) is 11.7. The van der Waals surface area contributed by atoms with E-state index >= 15 is 0 Å². The summed E-state index contributed by atoms with van der Waals surface area (Å²) >= 11 is 0. The zero-order chi connectivity index (χ0) is 13.6. The fraction of sp³-hybridized carbons (Fsp3) is 0.625. The standard InChI is InChI=1S/C16H23NO2/c1-16(10-18)9-17(2)13-8-7-11-5-3-4-6-12(11)14(13)15(16)19/h3-6,13-15,18-19H,7-10H2,1-2H3/t13-,14-,15+,16?/m1/s1. The van der Waals surface area contributed by atoms with Gasteiger partial charge in [-0.3, -0.25) is 0 Å². The molecule has 4 atom stereocenters. The van der Waals surface area contributed by atoms with E-state index in [4.69, 9.17) is 0 Å². The summed E-state index contributed by atoms with van der Waals surface area (Å²) in [5.41, 5.74) is 2.20. The van der Waals surface area contributed by atoms with Gasteiger partial charge in [0.15, 0.2) is 0 Å². The van der Waals surface area contributed by atoms with Crippen LogP contribution in [0.1, 0.15) is 30.4 Å². The Morgan fingerprint density at radius 1 is 1.37 bits per heavy atom. The van der Waals surface area contributed by atoms with Crippen LogP contribution in [-0.2, 0) is 6.42 Å². The van der Waals surface area contributed by atoms with E-state index in [1.807, 2.05) is 6.92 Å². The van der Waals surface area contributed by atoms with Crippen LogP contribution in [0.3, 0.4) is 0 Å². The Labute approximate surface area is 114 Å². The van der Waals surface area contributed by atoms with Crippen molar-refractivity contribution in [3.05, 3.63) is 35.4 Å². The quantitative estimate of drug-likeness (QED) is 0.803. The maximum absolute atomic E-state index is 10.8. The van der Waals surface area contributed by atoms with E-state index in [2.05, 4.69) is 36.2 Å². The van der Waals surface area contributed by atoms with Crippen LogP contribution in [0.4, 0.5) is 0 Å². The highest BCUT2D eigenvalue weighted by Crippen LogP contribution is 2.46. The molecule has 1 aromatic rings. The number of rotatable bonds is 1. The zero-order valence-corrected chi connectivity index (χ0v) is 11.7. The summed E-state index contributed by atoms with van der Waals surface area (Å²) in [6.07, 6.45) is 1.71. The summed E-state index contributed by atoms with van der Waals surface area (Å²) < 4.78 is 0. The smallest absolute Gasteiger partial charge is 0.0711 e. The number of aliphatic hydroxyl groups is 2. The van der Waals surface area contributed by atoms with Crippen LogP contribution in [0.2, 0.25) is 0 Å². The molecule has 0 amide bonds. The van der Waals surface area contributed by atoms with Gasteiger partial charge in [-0.15, -0.1) is 0 Å². The Bertz CT molecular complexity index is 476. The molecule has 1 aromatic carbocycles. The number of benzene rings is 1. The van der Waals surface area contributed by atoms with E-state index in [0.29, 0.717) is 6.04 Å². The summed E-state index contributed by atoms with van der Waals surface area (Å²) in [5, 5.41) is 20.5. The highest BCUT2D eigenvalue weighted by Gasteiger charge is 2.50. The molecule has 3 rings (SSSR count). The third-order valence-corrected chi connectivity index (χ3v) is 5.13. The Morgan fingerprint density at radius 3 is 2.84 bits per heavy atom. The van der Waals surface area contributed by atoms with E-state index < -0.39 is 11.5 Å². The van der Waals surface area contributed by atoms with Gasteiger partial charge in [0.2, 0.25) is 0 Å². The molecule has 3 nitrogen and oxygen atoms in total. The van der Waals surface area contributed by atoms with E-state index in [-0.39, 0.29) is 12.5 Å². The predicted octanol–water partition coefficient (Wildman–Crippen LogP) is 1.39. The first-order chi connectivity index (χ1) is 9.07. The number of aryl methyl sites for hydroxylation is 1. The van der Waals surface area contributed by atoms with Gasteiger partial charge in [0.05, 0.1) is 12.7 Å². The molecule has 2 aliphatic rings. The lowest BCUT2D eigenvalue weighted by molar-refractivity contribution is -0.0975. The number of hydrogen-bond donors (Lipinski definition) is 2. The van der Waals surface area contributed by atoms with Crippen LogP contribution in [0.5, 0.6) is 0 Å². The molecule has 1 aliphatic heterocycles. The Hall–Kier alpha value is -0.900. The molecule has 1 saturated heterocycles. The van der Waals surface area contributed by atoms with Crippen LogP contribution >= 0.6 is 0 Å². The molecular formula is C16H23NO2. The molecule has 1 fully saturated rings. The molecule has 1 aliphatic carbocycles. The van der Waals surface area contributed by atoms with Crippen molar-refractivity contribution in [2.75, 3.05) is 20.2 Å². The molecular weight excluding hydrogens is 238 g/mol. The molecule has 1 heterocycles. The monoisotopic (exact) mass is 261 g/mol. The average molecular weight is 261 g/mol. The van der Waals surface area contributed by atoms with E-state index in [1.165, 1.54) is 11.1 Å². The number of likely N-dealkylation sites (N-methyl/N-ethyl adjacent to an activating group) is 1. The number of aliphatic hydroxyl groups excluding tert-OH is 2. The summed E-state index contributed by atoms with van der Waals surface area (Å²) in [6.45, 7) is 2.78. The van der Waals surface area contributed by atoms with Crippen molar-refractivity contribution < 1.29 is 10.2 Å². The number of hydrogen-bond acceptors (Lipinski definition) is 3. The third kappa shape index (κ3) is 1.92. The topological polar surface area (TPSA) is 43.7 Å². The van der Waals surface area contributed by atoms with Crippen LogP contribution in [-0.4, -0.2) is 47.5 Å². The van der Waals surface area contributed by atoms with Gasteiger partial charge in [-0.05, 0) is 31.0 Å². The van der Waals surface area contributed by atoms with Gasteiger partial charge in [0, 0.05) is 23.9 Å². The van der Waals surface area contributed by atoms with Gasteiger partial charge < -0.3 is 15.1 Å². The van der Waals surface area contributed by atoms with Gasteiger partial charge in [-0.25, -0.2) is 0 Å². The molecule has 0 radical (unpaired) electrons. The summed E-state index contributed by atoms with van der Waals surface area (Å²) in [7, 11) is 2.12. The number of piperidine rings is 1. The second-order valence-electron chi connectivity index (χ2n) is 6.50. The second-order valence-corrected chi connectivity index (χ2v) is 6.50. The van der Waals surface area contributed by atoms with Crippen molar-refractivity contribution in [2.45, 2.75) is 37.8 Å². The average Bonchev–Trinajstić information content (AvgIpc) is 2.44. The first-order valence-corrected chi connectivity index (χ1v) is 7.14. The fourth-order valence-electron chi connectivity index (χ4n) is 4.01. The van der Waals surface area contributed by atoms with Crippen LogP contribution in [0.15, 0.2) is 24.3 Å². The normalized spacial score (nSPS) is 38.6. The van der Waals surface area contributed by atoms with Gasteiger partial charge in [-0.1, -0.05) is 31.2 Å². The molecule has 104 valence electrons. The summed E-state index contributed by atoms with van der Waals surface area (Å²) in [5.74, 6) is 0.126. The van der Waals surface area contributed by atoms with E-state index in [9.17, 15) is 10.2 Å². The Kier molecular flexibility index (Phi) is 3.16.